The number of aldehydes is 1. The van der Waals surface area contributed by atoms with Gasteiger partial charge in [0.2, 0.25) is 5.97 Å². The van der Waals surface area contributed by atoms with E-state index in [1.54, 1.807) is 0 Å². The average molecular weight is 971 g/mol. The molecule has 3 radical (unpaired) electrons. The first-order chi connectivity index (χ1) is 30.8. The van der Waals surface area contributed by atoms with Crippen molar-refractivity contribution in [2.45, 2.75) is 93.0 Å². The molecule has 2 aliphatic rings. The summed E-state index contributed by atoms with van der Waals surface area (Å²) < 4.78 is 7.80. The zero-order valence-corrected chi connectivity index (χ0v) is 40.6. The maximum atomic E-state index is 11.1. The molecular weight excluding hydrogens is 909 g/mol. The Kier molecular flexibility index (Phi) is 29.0. The Balaban J connectivity index is 0.000000470. The third-order valence-corrected chi connectivity index (χ3v) is 10.4. The first kappa shape index (κ1) is 60.4. The number of benzene rings is 4. The molecule has 0 amide bonds. The molecular formula is C48H61BCl2N6NaO9. The fourth-order valence-electron chi connectivity index (χ4n) is 6.84. The molecule has 4 aromatic carbocycles. The maximum Gasteiger partial charge on any atom is 1.00 e. The molecule has 2 aliphatic heterocycles. The van der Waals surface area contributed by atoms with E-state index in [4.69, 9.17) is 33.3 Å². The molecule has 355 valence electrons. The van der Waals surface area contributed by atoms with Crippen LogP contribution in [0.1, 0.15) is 88.9 Å². The zero-order valence-electron chi connectivity index (χ0n) is 37.1. The number of nitrogens with one attached hydrogen (secondary N) is 1. The van der Waals surface area contributed by atoms with Gasteiger partial charge >= 0.3 is 41.5 Å². The predicted octanol–water partition coefficient (Wildman–Crippen LogP) is 4.91. The van der Waals surface area contributed by atoms with Crippen LogP contribution in [-0.2, 0) is 48.4 Å². The standard InChI is InChI=1S/C20H22ClN3O.C15H11ClN2O.C5H11NO.C4H6O4.C2H3BO2.2CH4.Na/c21-16-9-7-15(8-10-16)12-24-19-6-2-1-5-18(19)22-20(24)13-23-11-3-4-17(23)14-25;16-12-7-5-11(6-8-12)9-18-14-4-2-1-3-13(14)17-15(18)10-19;7-4-5-2-1-3-6-5;1-3(5)7-8-4(2)6;1-2(4)5-3;;;/h1-2,5-10,17,25H,3-4,11-14H2;1-8,10H,9H2;5-7H,1-4H2;1-2H3;1H3;2*1H4;/q;;;;-1;;;+1/t17-;;5-;;;;;/m0.0...../s1. The number of hydrogen-bond donors (Lipinski definition) is 3. The summed E-state index contributed by atoms with van der Waals surface area (Å²) in [5.74, 6) is -0.252. The van der Waals surface area contributed by atoms with Crippen molar-refractivity contribution < 1.29 is 73.4 Å². The van der Waals surface area contributed by atoms with Crippen molar-refractivity contribution in [1.82, 2.24) is 29.3 Å². The molecule has 0 spiro atoms. The third kappa shape index (κ3) is 20.3. The number of halogens is 2. The van der Waals surface area contributed by atoms with Crippen molar-refractivity contribution in [3.8, 4) is 0 Å². The summed E-state index contributed by atoms with van der Waals surface area (Å²) in [6.07, 6.45) is 5.37. The van der Waals surface area contributed by atoms with E-state index in [0.717, 1.165) is 104 Å². The summed E-state index contributed by atoms with van der Waals surface area (Å²) >= 11 is 11.9. The van der Waals surface area contributed by atoms with Gasteiger partial charge in [-0.15, -0.1) is 0 Å². The van der Waals surface area contributed by atoms with E-state index in [1.807, 2.05) is 71.3 Å². The Bertz CT molecular complexity index is 2380. The molecule has 0 aliphatic carbocycles. The molecule has 0 saturated carbocycles. The van der Waals surface area contributed by atoms with Gasteiger partial charge in [0.05, 0.1) is 41.8 Å². The van der Waals surface area contributed by atoms with E-state index in [2.05, 4.69) is 72.6 Å². The largest absolute Gasteiger partial charge is 1.00 e. The number of carbonyl (C=O) groups excluding carboxylic acids is 4. The maximum absolute atomic E-state index is 11.1. The average Bonchev–Trinajstić information content (AvgIpc) is 4.13. The normalized spacial score (nSPS) is 14.6. The summed E-state index contributed by atoms with van der Waals surface area (Å²) in [5, 5.41) is 22.7. The van der Waals surface area contributed by atoms with Gasteiger partial charge in [-0.2, -0.15) is 0 Å². The molecule has 2 fully saturated rings. The van der Waals surface area contributed by atoms with E-state index in [9.17, 15) is 24.3 Å². The van der Waals surface area contributed by atoms with Crippen molar-refractivity contribution in [2.75, 3.05) is 26.3 Å². The van der Waals surface area contributed by atoms with Gasteiger partial charge in [0.1, 0.15) is 5.82 Å². The molecule has 8 rings (SSSR count). The predicted molar refractivity (Wildman–Crippen MR) is 259 cm³/mol. The van der Waals surface area contributed by atoms with Crippen molar-refractivity contribution >= 4 is 77.5 Å². The molecule has 4 heterocycles. The Morgan fingerprint density at radius 2 is 1.21 bits per heavy atom. The zero-order chi connectivity index (χ0) is 46.4. The molecule has 0 bridgehead atoms. The summed E-state index contributed by atoms with van der Waals surface area (Å²) in [6, 6.07) is 32.2. The van der Waals surface area contributed by atoms with Crippen molar-refractivity contribution in [2.24, 2.45) is 0 Å². The molecule has 67 heavy (non-hydrogen) atoms. The van der Waals surface area contributed by atoms with Gasteiger partial charge in [-0.25, -0.2) is 29.3 Å². The quantitative estimate of drug-likeness (QED) is 0.0769. The number of rotatable bonds is 9. The van der Waals surface area contributed by atoms with Crippen LogP contribution in [0.4, 0.5) is 0 Å². The Morgan fingerprint density at radius 3 is 1.64 bits per heavy atom. The SMILES string of the molecule is C.C.CC(=O)OOC(C)=O.O=Cc1nc2ccccc2n1Cc1ccc(Cl)cc1.OC[C@@H]1CCCN1.OC[C@@H]1CCCN1Cc1nc2ccccc2n1Cc1ccc(Cl)cc1.[B-]OC(C)=O.[Na+]. The van der Waals surface area contributed by atoms with Crippen LogP contribution in [0, 0.1) is 0 Å². The summed E-state index contributed by atoms with van der Waals surface area (Å²) in [5.41, 5.74) is 6.24. The summed E-state index contributed by atoms with van der Waals surface area (Å²) in [6.45, 7) is 8.30. The molecule has 2 saturated heterocycles. The minimum Gasteiger partial charge on any atom is -0.793 e. The Labute approximate surface area is 426 Å². The van der Waals surface area contributed by atoms with Crippen LogP contribution in [0.3, 0.4) is 0 Å². The van der Waals surface area contributed by atoms with E-state index >= 15 is 0 Å². The number of fused-ring (bicyclic) bond motifs is 2. The molecule has 2 aromatic heterocycles. The number of para-hydroxylation sites is 4. The number of nitrogens with zero attached hydrogens (tertiary/aromatic N) is 5. The number of aliphatic hydroxyl groups excluding tert-OH is 2. The van der Waals surface area contributed by atoms with Crippen molar-refractivity contribution in [1.29, 1.82) is 0 Å². The molecule has 6 aromatic rings. The molecule has 15 nitrogen and oxygen atoms in total. The van der Waals surface area contributed by atoms with E-state index < -0.39 is 17.9 Å². The number of hydrogen-bond acceptors (Lipinski definition) is 13. The molecule has 0 unspecified atom stereocenters. The van der Waals surface area contributed by atoms with E-state index in [-0.39, 0.29) is 57.1 Å². The number of likely N-dealkylation sites (tertiary alicyclic amines) is 1. The minimum atomic E-state index is -0.639. The summed E-state index contributed by atoms with van der Waals surface area (Å²) in [4.78, 5) is 59.5. The van der Waals surface area contributed by atoms with Crippen LogP contribution < -0.4 is 34.9 Å². The Hall–Kier alpha value is -4.62. The van der Waals surface area contributed by atoms with Crippen LogP contribution in [0.2, 0.25) is 10.0 Å². The second-order valence-corrected chi connectivity index (χ2v) is 15.6. The molecule has 2 atom stereocenters. The fourth-order valence-corrected chi connectivity index (χ4v) is 7.09. The topological polar surface area (TPSA) is 187 Å². The van der Waals surface area contributed by atoms with Crippen LogP contribution >= 0.6 is 23.2 Å². The number of imidazole rings is 2. The van der Waals surface area contributed by atoms with Crippen molar-refractivity contribution in [3.05, 3.63) is 130 Å². The first-order valence-electron chi connectivity index (χ1n) is 20.6. The van der Waals surface area contributed by atoms with Crippen molar-refractivity contribution in [3.63, 3.8) is 0 Å². The Morgan fingerprint density at radius 1 is 0.716 bits per heavy atom. The van der Waals surface area contributed by atoms with Gasteiger partial charge in [-0.1, -0.05) is 86.6 Å². The third-order valence-electron chi connectivity index (χ3n) is 9.91. The minimum absolute atomic E-state index is 0. The van der Waals surface area contributed by atoms with Crippen LogP contribution in [0.25, 0.3) is 22.1 Å². The number of aromatic nitrogens is 4. The van der Waals surface area contributed by atoms with Gasteiger partial charge in [-0.3, -0.25) is 14.5 Å². The smallest absolute Gasteiger partial charge is 0.793 e. The second kappa shape index (κ2) is 32.2. The monoisotopic (exact) mass is 969 g/mol. The van der Waals surface area contributed by atoms with Crippen LogP contribution in [0.15, 0.2) is 97.1 Å². The van der Waals surface area contributed by atoms with Gasteiger partial charge in [-0.05, 0) is 98.4 Å². The number of carbonyl (C=O) groups is 4. The van der Waals surface area contributed by atoms with E-state index in [0.29, 0.717) is 30.0 Å². The fraction of sp³-hybridized carbons (Fsp3) is 0.375. The first-order valence-corrected chi connectivity index (χ1v) is 21.4. The van der Waals surface area contributed by atoms with Crippen LogP contribution in [-0.4, -0.2) is 105 Å². The second-order valence-electron chi connectivity index (χ2n) is 14.7. The van der Waals surface area contributed by atoms with Gasteiger partial charge in [0, 0.05) is 56.0 Å². The van der Waals surface area contributed by atoms with Gasteiger partial charge in [0.15, 0.2) is 12.1 Å². The molecule has 3 N–H and O–H groups in total. The summed E-state index contributed by atoms with van der Waals surface area (Å²) in [7, 11) is 4.32. The van der Waals surface area contributed by atoms with E-state index in [1.165, 1.54) is 18.9 Å². The molecule has 19 heteroatoms. The van der Waals surface area contributed by atoms with Gasteiger partial charge < -0.3 is 37.4 Å². The van der Waals surface area contributed by atoms with Crippen LogP contribution in [0.5, 0.6) is 0 Å². The van der Waals surface area contributed by atoms with Gasteiger partial charge in [0.25, 0.3) is 0 Å². The number of aliphatic hydroxyl groups is 2.